The van der Waals surface area contributed by atoms with Gasteiger partial charge in [-0.15, -0.1) is 0 Å². The topological polar surface area (TPSA) is 84.9 Å². The molecule has 21 heavy (non-hydrogen) atoms. The fourth-order valence-electron chi connectivity index (χ4n) is 2.27. The van der Waals surface area contributed by atoms with E-state index < -0.39 is 12.0 Å². The number of carboxylic acid groups (broad SMARTS) is 1. The molecule has 2 N–H and O–H groups in total. The van der Waals surface area contributed by atoms with Crippen molar-refractivity contribution in [3.8, 4) is 5.75 Å². The Morgan fingerprint density at radius 1 is 1.52 bits per heavy atom. The van der Waals surface area contributed by atoms with Crippen molar-refractivity contribution in [3.63, 3.8) is 0 Å². The monoisotopic (exact) mass is 293 g/mol. The van der Waals surface area contributed by atoms with Gasteiger partial charge in [0.05, 0.1) is 19.6 Å². The van der Waals surface area contributed by atoms with E-state index in [2.05, 4.69) is 5.32 Å². The molecule has 0 unspecified atom stereocenters. The van der Waals surface area contributed by atoms with Crippen LogP contribution in [0.1, 0.15) is 12.0 Å². The molecular weight excluding hydrogens is 274 g/mol. The highest BCUT2D eigenvalue weighted by Gasteiger charge is 2.28. The maximum absolute atomic E-state index is 12.0. The molecule has 1 aromatic carbocycles. The van der Waals surface area contributed by atoms with Crippen LogP contribution in [0, 0.1) is 5.92 Å². The molecule has 0 radical (unpaired) electrons. The molecule has 0 saturated carbocycles. The number of methoxy groups -OCH3 is 1. The highest BCUT2D eigenvalue weighted by atomic mass is 16.5. The molecule has 114 valence electrons. The molecule has 1 aliphatic heterocycles. The zero-order valence-corrected chi connectivity index (χ0v) is 11.9. The largest absolute Gasteiger partial charge is 0.497 e. The summed E-state index contributed by atoms with van der Waals surface area (Å²) in [6, 6.07) is 6.20. The fourth-order valence-corrected chi connectivity index (χ4v) is 2.27. The van der Waals surface area contributed by atoms with Gasteiger partial charge in [0.1, 0.15) is 11.8 Å². The van der Waals surface area contributed by atoms with Gasteiger partial charge < -0.3 is 19.9 Å². The van der Waals surface area contributed by atoms with Crippen molar-refractivity contribution in [3.05, 3.63) is 29.8 Å². The maximum atomic E-state index is 12.0. The SMILES string of the molecule is COc1cccc(C[C@@H](NC(=O)[C@@H]2CCOC2)C(=O)O)c1. The lowest BCUT2D eigenvalue weighted by Crippen LogP contribution is -2.45. The second-order valence-corrected chi connectivity index (χ2v) is 5.02. The third-order valence-electron chi connectivity index (χ3n) is 3.49. The summed E-state index contributed by atoms with van der Waals surface area (Å²) >= 11 is 0. The van der Waals surface area contributed by atoms with Crippen LogP contribution in [0.15, 0.2) is 24.3 Å². The summed E-state index contributed by atoms with van der Waals surface area (Å²) < 4.78 is 10.3. The van der Waals surface area contributed by atoms with Crippen LogP contribution in [0.4, 0.5) is 0 Å². The molecule has 1 aliphatic rings. The first-order chi connectivity index (χ1) is 10.1. The first kappa shape index (κ1) is 15.3. The van der Waals surface area contributed by atoms with Gasteiger partial charge in [0, 0.05) is 13.0 Å². The van der Waals surface area contributed by atoms with Gasteiger partial charge in [-0.2, -0.15) is 0 Å². The van der Waals surface area contributed by atoms with E-state index in [4.69, 9.17) is 9.47 Å². The Labute approximate surface area is 123 Å². The summed E-state index contributed by atoms with van der Waals surface area (Å²) in [5.41, 5.74) is 0.796. The molecule has 1 aromatic rings. The van der Waals surface area contributed by atoms with E-state index in [0.29, 0.717) is 25.4 Å². The average molecular weight is 293 g/mol. The molecule has 0 aliphatic carbocycles. The minimum absolute atomic E-state index is 0.214. The van der Waals surface area contributed by atoms with Crippen LogP contribution in [0.3, 0.4) is 0 Å². The molecule has 1 fully saturated rings. The molecule has 6 heteroatoms. The number of aliphatic carboxylic acids is 1. The van der Waals surface area contributed by atoms with Crippen molar-refractivity contribution < 1.29 is 24.2 Å². The van der Waals surface area contributed by atoms with Gasteiger partial charge in [0.15, 0.2) is 0 Å². The molecular formula is C15H19NO5. The van der Waals surface area contributed by atoms with Crippen LogP contribution in [0.5, 0.6) is 5.75 Å². The van der Waals surface area contributed by atoms with Crippen LogP contribution in [-0.4, -0.2) is 43.3 Å². The first-order valence-corrected chi connectivity index (χ1v) is 6.84. The van der Waals surface area contributed by atoms with Crippen molar-refractivity contribution >= 4 is 11.9 Å². The zero-order valence-electron chi connectivity index (χ0n) is 11.9. The number of carboxylic acids is 1. The van der Waals surface area contributed by atoms with E-state index >= 15 is 0 Å². The molecule has 0 aromatic heterocycles. The van der Waals surface area contributed by atoms with Gasteiger partial charge >= 0.3 is 5.97 Å². The maximum Gasteiger partial charge on any atom is 0.326 e. The fraction of sp³-hybridized carbons (Fsp3) is 0.467. The minimum atomic E-state index is -1.05. The highest BCUT2D eigenvalue weighted by Crippen LogP contribution is 2.16. The van der Waals surface area contributed by atoms with Gasteiger partial charge in [-0.3, -0.25) is 4.79 Å². The first-order valence-electron chi connectivity index (χ1n) is 6.84. The average Bonchev–Trinajstić information content (AvgIpc) is 3.01. The summed E-state index contributed by atoms with van der Waals surface area (Å²) in [4.78, 5) is 23.3. The number of hydrogen-bond donors (Lipinski definition) is 2. The second-order valence-electron chi connectivity index (χ2n) is 5.02. The molecule has 6 nitrogen and oxygen atoms in total. The summed E-state index contributed by atoms with van der Waals surface area (Å²) in [6.45, 7) is 0.906. The van der Waals surface area contributed by atoms with Crippen molar-refractivity contribution in [2.24, 2.45) is 5.92 Å². The molecule has 1 amide bonds. The van der Waals surface area contributed by atoms with E-state index in [0.717, 1.165) is 5.56 Å². The van der Waals surface area contributed by atoms with Crippen LogP contribution in [-0.2, 0) is 20.7 Å². The Balaban J connectivity index is 2.01. The number of ether oxygens (including phenoxy) is 2. The number of nitrogens with one attached hydrogen (secondary N) is 1. The van der Waals surface area contributed by atoms with Crippen LogP contribution >= 0.6 is 0 Å². The van der Waals surface area contributed by atoms with Gasteiger partial charge in [-0.25, -0.2) is 4.79 Å². The van der Waals surface area contributed by atoms with E-state index in [1.54, 1.807) is 25.3 Å². The molecule has 1 heterocycles. The lowest BCUT2D eigenvalue weighted by Gasteiger charge is -2.17. The molecule has 2 rings (SSSR count). The van der Waals surface area contributed by atoms with Gasteiger partial charge in [0.25, 0.3) is 0 Å². The standard InChI is InChI=1S/C15H19NO5/c1-20-12-4-2-3-10(7-12)8-13(15(18)19)16-14(17)11-5-6-21-9-11/h2-4,7,11,13H,5-6,8-9H2,1H3,(H,16,17)(H,18,19)/t11-,13-/m1/s1. The molecule has 0 bridgehead atoms. The number of carbonyl (C=O) groups is 2. The Kier molecular flexibility index (Phi) is 5.16. The summed E-state index contributed by atoms with van der Waals surface area (Å²) in [5.74, 6) is -0.905. The Hall–Kier alpha value is -2.08. The van der Waals surface area contributed by atoms with E-state index in [1.807, 2.05) is 6.07 Å². The quantitative estimate of drug-likeness (QED) is 0.812. The number of amides is 1. The van der Waals surface area contributed by atoms with Crippen LogP contribution < -0.4 is 10.1 Å². The van der Waals surface area contributed by atoms with Gasteiger partial charge in [0.2, 0.25) is 5.91 Å². The Morgan fingerprint density at radius 3 is 2.95 bits per heavy atom. The second kappa shape index (κ2) is 7.08. The Bertz CT molecular complexity index is 511. The van der Waals surface area contributed by atoms with Gasteiger partial charge in [-0.1, -0.05) is 12.1 Å². The van der Waals surface area contributed by atoms with E-state index in [9.17, 15) is 14.7 Å². The minimum Gasteiger partial charge on any atom is -0.497 e. The van der Waals surface area contributed by atoms with E-state index in [1.165, 1.54) is 0 Å². The van der Waals surface area contributed by atoms with Crippen molar-refractivity contribution in [2.75, 3.05) is 20.3 Å². The lowest BCUT2D eigenvalue weighted by molar-refractivity contribution is -0.142. The lowest BCUT2D eigenvalue weighted by atomic mass is 10.0. The van der Waals surface area contributed by atoms with Gasteiger partial charge in [-0.05, 0) is 24.1 Å². The van der Waals surface area contributed by atoms with Crippen molar-refractivity contribution in [1.29, 1.82) is 0 Å². The molecule has 0 spiro atoms. The van der Waals surface area contributed by atoms with E-state index in [-0.39, 0.29) is 18.2 Å². The van der Waals surface area contributed by atoms with Crippen molar-refractivity contribution in [1.82, 2.24) is 5.32 Å². The van der Waals surface area contributed by atoms with Crippen LogP contribution in [0.2, 0.25) is 0 Å². The summed E-state index contributed by atoms with van der Waals surface area (Å²) in [6.07, 6.45) is 0.850. The number of carbonyl (C=O) groups excluding carboxylic acids is 1. The predicted octanol–water partition coefficient (Wildman–Crippen LogP) is 0.844. The van der Waals surface area contributed by atoms with Crippen molar-refractivity contribution in [2.45, 2.75) is 18.9 Å². The number of hydrogen-bond acceptors (Lipinski definition) is 4. The third kappa shape index (κ3) is 4.19. The Morgan fingerprint density at radius 2 is 2.33 bits per heavy atom. The molecule has 1 saturated heterocycles. The predicted molar refractivity (Wildman–Crippen MR) is 75.2 cm³/mol. The third-order valence-corrected chi connectivity index (χ3v) is 3.49. The van der Waals surface area contributed by atoms with Crippen LogP contribution in [0.25, 0.3) is 0 Å². The summed E-state index contributed by atoms with van der Waals surface area (Å²) in [7, 11) is 1.55. The zero-order chi connectivity index (χ0) is 15.2. The molecule has 2 atom stereocenters. The number of rotatable bonds is 6. The number of benzene rings is 1. The normalized spacial score (nSPS) is 19.0. The highest BCUT2D eigenvalue weighted by molar-refractivity contribution is 5.85. The smallest absolute Gasteiger partial charge is 0.326 e. The summed E-state index contributed by atoms with van der Waals surface area (Å²) in [5, 5.41) is 11.9.